The van der Waals surface area contributed by atoms with Gasteiger partial charge in [0.25, 0.3) is 0 Å². The second kappa shape index (κ2) is 5.15. The van der Waals surface area contributed by atoms with Gasteiger partial charge in [0, 0.05) is 12.6 Å². The molecule has 0 spiro atoms. The third-order valence-electron chi connectivity index (χ3n) is 3.60. The monoisotopic (exact) mass is 228 g/mol. The Kier molecular flexibility index (Phi) is 4.33. The molecular weight excluding hydrogens is 204 g/mol. The van der Waals surface area contributed by atoms with E-state index in [2.05, 4.69) is 26.1 Å². The summed E-state index contributed by atoms with van der Waals surface area (Å²) in [6.07, 6.45) is 2.39. The lowest BCUT2D eigenvalue weighted by atomic mass is 9.70. The lowest BCUT2D eigenvalue weighted by molar-refractivity contribution is -0.125. The molecule has 4 N–H and O–H groups in total. The van der Waals surface area contributed by atoms with E-state index >= 15 is 0 Å². The molecule has 1 rings (SSSR count). The number of carbonyl (C=O) groups excluding carboxylic acids is 1. The summed E-state index contributed by atoms with van der Waals surface area (Å²) >= 11 is 0. The predicted molar refractivity (Wildman–Crippen MR) is 63.8 cm³/mol. The zero-order chi connectivity index (χ0) is 12.3. The molecule has 0 aromatic heterocycles. The number of hydrogen-bond acceptors (Lipinski definition) is 3. The average Bonchev–Trinajstić information content (AvgIpc) is 2.14. The van der Waals surface area contributed by atoms with E-state index < -0.39 is 12.0 Å². The Balaban J connectivity index is 2.36. The van der Waals surface area contributed by atoms with Gasteiger partial charge < -0.3 is 16.2 Å². The maximum atomic E-state index is 10.7. The fraction of sp³-hybridized carbons (Fsp3) is 0.917. The minimum absolute atomic E-state index is 0.269. The second-order valence-electron chi connectivity index (χ2n) is 5.82. The first-order chi connectivity index (χ1) is 7.32. The quantitative estimate of drug-likeness (QED) is 0.661. The summed E-state index contributed by atoms with van der Waals surface area (Å²) in [5.74, 6) is -0.0832. The van der Waals surface area contributed by atoms with Crippen LogP contribution in [0.1, 0.15) is 40.0 Å². The van der Waals surface area contributed by atoms with Crippen LogP contribution in [0, 0.1) is 11.3 Å². The van der Waals surface area contributed by atoms with Crippen LogP contribution in [0.25, 0.3) is 0 Å². The van der Waals surface area contributed by atoms with E-state index in [9.17, 15) is 9.90 Å². The summed E-state index contributed by atoms with van der Waals surface area (Å²) in [6, 6.07) is 0.391. The first-order valence-corrected chi connectivity index (χ1v) is 6.02. The molecule has 0 heterocycles. The number of aliphatic hydroxyl groups is 1. The van der Waals surface area contributed by atoms with Crippen molar-refractivity contribution in [3.05, 3.63) is 0 Å². The highest BCUT2D eigenvalue weighted by Crippen LogP contribution is 2.38. The number of nitrogens with one attached hydrogen (secondary N) is 1. The molecule has 4 nitrogen and oxygen atoms in total. The Hall–Kier alpha value is -0.610. The molecule has 0 bridgehead atoms. The van der Waals surface area contributed by atoms with Crippen LogP contribution in [0.2, 0.25) is 0 Å². The van der Waals surface area contributed by atoms with Crippen molar-refractivity contribution < 1.29 is 9.90 Å². The number of rotatable bonds is 4. The van der Waals surface area contributed by atoms with E-state index in [0.717, 1.165) is 6.42 Å². The van der Waals surface area contributed by atoms with Crippen LogP contribution in [0.4, 0.5) is 0 Å². The normalized spacial score (nSPS) is 31.0. The highest BCUT2D eigenvalue weighted by Gasteiger charge is 2.32. The van der Waals surface area contributed by atoms with Crippen LogP contribution in [-0.4, -0.2) is 29.7 Å². The van der Waals surface area contributed by atoms with Gasteiger partial charge in [0.1, 0.15) is 6.10 Å². The average molecular weight is 228 g/mol. The van der Waals surface area contributed by atoms with Gasteiger partial charge >= 0.3 is 0 Å². The number of hydrogen-bond donors (Lipinski definition) is 3. The SMILES string of the molecule is CC1CC(C)(C)CCC1NCC(O)C(N)=O. The molecule has 1 aliphatic rings. The molecule has 0 aromatic rings. The number of amides is 1. The van der Waals surface area contributed by atoms with Crippen LogP contribution in [0.3, 0.4) is 0 Å². The predicted octanol–water partition coefficient (Wildman–Crippen LogP) is 0.637. The molecule has 0 aromatic carbocycles. The highest BCUT2D eigenvalue weighted by molar-refractivity contribution is 5.78. The first kappa shape index (κ1) is 13.5. The maximum absolute atomic E-state index is 10.7. The van der Waals surface area contributed by atoms with Crippen molar-refractivity contribution in [3.63, 3.8) is 0 Å². The molecule has 3 atom stereocenters. The summed E-state index contributed by atoms with van der Waals surface area (Å²) < 4.78 is 0. The number of primary amides is 1. The van der Waals surface area contributed by atoms with Crippen LogP contribution in [-0.2, 0) is 4.79 Å². The summed E-state index contributed by atoms with van der Waals surface area (Å²) in [7, 11) is 0. The Bertz CT molecular complexity index is 253. The standard InChI is InChI=1S/C12H24N2O2/c1-8-6-12(2,3)5-4-9(8)14-7-10(15)11(13)16/h8-10,14-15H,4-7H2,1-3H3,(H2,13,16). The molecule has 1 aliphatic carbocycles. The number of aliphatic hydroxyl groups excluding tert-OH is 1. The lowest BCUT2D eigenvalue weighted by Crippen LogP contribution is -2.47. The molecule has 16 heavy (non-hydrogen) atoms. The zero-order valence-electron chi connectivity index (χ0n) is 10.5. The largest absolute Gasteiger partial charge is 0.382 e. The summed E-state index contributed by atoms with van der Waals surface area (Å²) in [5.41, 5.74) is 5.42. The minimum atomic E-state index is -1.07. The number of nitrogens with two attached hydrogens (primary N) is 1. The smallest absolute Gasteiger partial charge is 0.247 e. The third kappa shape index (κ3) is 3.76. The van der Waals surface area contributed by atoms with E-state index in [0.29, 0.717) is 17.4 Å². The van der Waals surface area contributed by atoms with Gasteiger partial charge in [-0.15, -0.1) is 0 Å². The molecular formula is C12H24N2O2. The van der Waals surface area contributed by atoms with Crippen molar-refractivity contribution in [2.75, 3.05) is 6.54 Å². The fourth-order valence-electron chi connectivity index (χ4n) is 2.61. The van der Waals surface area contributed by atoms with E-state index in [-0.39, 0.29) is 6.54 Å². The molecule has 1 amide bonds. The van der Waals surface area contributed by atoms with Crippen LogP contribution in [0.15, 0.2) is 0 Å². The van der Waals surface area contributed by atoms with Gasteiger partial charge in [0.2, 0.25) is 5.91 Å². The topological polar surface area (TPSA) is 75.3 Å². The lowest BCUT2D eigenvalue weighted by Gasteiger charge is -2.39. The van der Waals surface area contributed by atoms with Gasteiger partial charge in [0.05, 0.1) is 0 Å². The highest BCUT2D eigenvalue weighted by atomic mass is 16.3. The number of carbonyl (C=O) groups is 1. The molecule has 3 unspecified atom stereocenters. The zero-order valence-corrected chi connectivity index (χ0v) is 10.5. The molecule has 1 fully saturated rings. The van der Waals surface area contributed by atoms with Crippen LogP contribution >= 0.6 is 0 Å². The van der Waals surface area contributed by atoms with E-state index in [1.807, 2.05) is 0 Å². The van der Waals surface area contributed by atoms with E-state index in [1.165, 1.54) is 12.8 Å². The summed E-state index contributed by atoms with van der Waals surface area (Å²) in [4.78, 5) is 10.7. The molecule has 0 radical (unpaired) electrons. The van der Waals surface area contributed by atoms with Gasteiger partial charge in [-0.25, -0.2) is 0 Å². The molecule has 0 saturated heterocycles. The van der Waals surface area contributed by atoms with E-state index in [1.54, 1.807) is 0 Å². The fourth-order valence-corrected chi connectivity index (χ4v) is 2.61. The second-order valence-corrected chi connectivity index (χ2v) is 5.82. The van der Waals surface area contributed by atoms with Gasteiger partial charge in [0.15, 0.2) is 0 Å². The Morgan fingerprint density at radius 1 is 1.62 bits per heavy atom. The van der Waals surface area contributed by atoms with Crippen molar-refractivity contribution in [1.82, 2.24) is 5.32 Å². The van der Waals surface area contributed by atoms with Crippen LogP contribution < -0.4 is 11.1 Å². The van der Waals surface area contributed by atoms with Gasteiger partial charge in [-0.2, -0.15) is 0 Å². The molecule has 94 valence electrons. The van der Waals surface area contributed by atoms with Gasteiger partial charge in [-0.3, -0.25) is 4.79 Å². The van der Waals surface area contributed by atoms with E-state index in [4.69, 9.17) is 5.73 Å². The Morgan fingerprint density at radius 2 is 2.25 bits per heavy atom. The first-order valence-electron chi connectivity index (χ1n) is 6.02. The molecule has 0 aliphatic heterocycles. The van der Waals surface area contributed by atoms with Crippen molar-refractivity contribution in [2.24, 2.45) is 17.1 Å². The molecule has 1 saturated carbocycles. The van der Waals surface area contributed by atoms with Crippen molar-refractivity contribution in [2.45, 2.75) is 52.2 Å². The summed E-state index contributed by atoms with van der Waals surface area (Å²) in [5, 5.41) is 12.5. The maximum Gasteiger partial charge on any atom is 0.247 e. The van der Waals surface area contributed by atoms with Gasteiger partial charge in [-0.05, 0) is 30.6 Å². The van der Waals surface area contributed by atoms with Crippen LogP contribution in [0.5, 0.6) is 0 Å². The minimum Gasteiger partial charge on any atom is -0.382 e. The van der Waals surface area contributed by atoms with Crippen molar-refractivity contribution >= 4 is 5.91 Å². The third-order valence-corrected chi connectivity index (χ3v) is 3.60. The molecule has 4 heteroatoms. The Morgan fingerprint density at radius 3 is 2.75 bits per heavy atom. The van der Waals surface area contributed by atoms with Crippen molar-refractivity contribution in [3.8, 4) is 0 Å². The summed E-state index contributed by atoms with van der Waals surface area (Å²) in [6.45, 7) is 7.07. The Labute approximate surface area is 97.6 Å². The van der Waals surface area contributed by atoms with Gasteiger partial charge in [-0.1, -0.05) is 20.8 Å². The van der Waals surface area contributed by atoms with Crippen molar-refractivity contribution in [1.29, 1.82) is 0 Å².